The van der Waals surface area contributed by atoms with Gasteiger partial charge >= 0.3 is 12.1 Å². The maximum Gasteiger partial charge on any atom is 0.411 e. The van der Waals surface area contributed by atoms with E-state index in [-0.39, 0.29) is 18.2 Å². The van der Waals surface area contributed by atoms with Gasteiger partial charge in [-0.3, -0.25) is 10.1 Å². The molecular formula is C19H24N4O5. The van der Waals surface area contributed by atoms with E-state index >= 15 is 0 Å². The molecule has 1 heterocycles. The first-order valence-corrected chi connectivity index (χ1v) is 8.91. The fraction of sp³-hybridized carbons (Fsp3) is 0.368. The molecule has 1 atom stereocenters. The first-order valence-electron chi connectivity index (χ1n) is 8.91. The van der Waals surface area contributed by atoms with Crippen LogP contribution in [0.3, 0.4) is 0 Å². The molecule has 2 N–H and O–H groups in total. The summed E-state index contributed by atoms with van der Waals surface area (Å²) in [5.74, 6) is -0.646. The van der Waals surface area contributed by atoms with Crippen LogP contribution in [0, 0.1) is 0 Å². The van der Waals surface area contributed by atoms with Gasteiger partial charge in [-0.2, -0.15) is 5.10 Å². The van der Waals surface area contributed by atoms with Crippen molar-refractivity contribution in [1.29, 1.82) is 0 Å². The van der Waals surface area contributed by atoms with Crippen LogP contribution >= 0.6 is 0 Å². The summed E-state index contributed by atoms with van der Waals surface area (Å²) in [6, 6.07) is 7.89. The fourth-order valence-corrected chi connectivity index (χ4v) is 2.34. The van der Waals surface area contributed by atoms with Gasteiger partial charge in [0.1, 0.15) is 5.82 Å². The Labute approximate surface area is 163 Å². The van der Waals surface area contributed by atoms with Gasteiger partial charge in [0.25, 0.3) is 5.91 Å². The van der Waals surface area contributed by atoms with Crippen molar-refractivity contribution in [3.05, 3.63) is 42.1 Å². The molecule has 0 unspecified atom stereocenters. The van der Waals surface area contributed by atoms with E-state index in [0.29, 0.717) is 11.5 Å². The molecule has 0 fully saturated rings. The lowest BCUT2D eigenvalue weighted by atomic mass is 10.2. The summed E-state index contributed by atoms with van der Waals surface area (Å²) in [6.07, 6.45) is -0.0684. The Morgan fingerprint density at radius 2 is 1.89 bits per heavy atom. The lowest BCUT2D eigenvalue weighted by molar-refractivity contribution is -0.123. The normalized spacial score (nSPS) is 11.6. The monoisotopic (exact) mass is 388 g/mol. The minimum absolute atomic E-state index is 0.0674. The number of carbonyl (C=O) groups is 3. The summed E-state index contributed by atoms with van der Waals surface area (Å²) < 4.78 is 11.7. The lowest BCUT2D eigenvalue weighted by Gasteiger charge is -2.16. The smallest absolute Gasteiger partial charge is 0.411 e. The summed E-state index contributed by atoms with van der Waals surface area (Å²) in [5.41, 5.74) is 0.576. The predicted molar refractivity (Wildman–Crippen MR) is 103 cm³/mol. The van der Waals surface area contributed by atoms with Crippen LogP contribution in [-0.4, -0.2) is 40.5 Å². The van der Waals surface area contributed by atoms with Crippen molar-refractivity contribution in [3.8, 4) is 0 Å². The van der Waals surface area contributed by atoms with E-state index in [0.717, 1.165) is 0 Å². The average Bonchev–Trinajstić information content (AvgIpc) is 3.10. The number of nitrogens with zero attached hydrogens (tertiary/aromatic N) is 2. The third-order valence-corrected chi connectivity index (χ3v) is 3.68. The second kappa shape index (κ2) is 9.54. The van der Waals surface area contributed by atoms with E-state index in [9.17, 15) is 14.4 Å². The Morgan fingerprint density at radius 3 is 2.57 bits per heavy atom. The molecule has 150 valence electrons. The third-order valence-electron chi connectivity index (χ3n) is 3.68. The molecule has 0 aliphatic rings. The van der Waals surface area contributed by atoms with Crippen LogP contribution in [0.25, 0.3) is 0 Å². The van der Waals surface area contributed by atoms with Crippen molar-refractivity contribution in [3.63, 3.8) is 0 Å². The number of esters is 1. The molecule has 0 saturated heterocycles. The first kappa shape index (κ1) is 20.9. The van der Waals surface area contributed by atoms with Gasteiger partial charge < -0.3 is 14.8 Å². The quantitative estimate of drug-likeness (QED) is 0.705. The van der Waals surface area contributed by atoms with E-state index in [1.54, 1.807) is 36.0 Å². The first-order chi connectivity index (χ1) is 13.3. The highest BCUT2D eigenvalue weighted by Crippen LogP contribution is 2.15. The van der Waals surface area contributed by atoms with E-state index in [4.69, 9.17) is 9.47 Å². The highest BCUT2D eigenvalue weighted by molar-refractivity contribution is 5.97. The molecule has 28 heavy (non-hydrogen) atoms. The van der Waals surface area contributed by atoms with Crippen molar-refractivity contribution in [2.75, 3.05) is 17.2 Å². The van der Waals surface area contributed by atoms with E-state index in [2.05, 4.69) is 15.7 Å². The van der Waals surface area contributed by atoms with Crippen molar-refractivity contribution < 1.29 is 23.9 Å². The molecule has 2 amide bonds. The summed E-state index contributed by atoms with van der Waals surface area (Å²) >= 11 is 0. The highest BCUT2D eigenvalue weighted by atomic mass is 16.6. The average molecular weight is 388 g/mol. The van der Waals surface area contributed by atoms with Crippen molar-refractivity contribution in [2.24, 2.45) is 0 Å². The summed E-state index contributed by atoms with van der Waals surface area (Å²) in [7, 11) is 0. The molecule has 1 aromatic carbocycles. The number of anilines is 2. The zero-order valence-electron chi connectivity index (χ0n) is 16.3. The van der Waals surface area contributed by atoms with Gasteiger partial charge in [-0.1, -0.05) is 6.07 Å². The number of hydrogen-bond acceptors (Lipinski definition) is 6. The molecule has 1 aromatic heterocycles. The third kappa shape index (κ3) is 5.57. The second-order valence-electron chi connectivity index (χ2n) is 6.22. The molecule has 0 spiro atoms. The number of nitrogens with one attached hydrogen (secondary N) is 2. The molecule has 2 aromatic rings. The SMILES string of the molecule is CCOC(=O)Nc1cccc(C(=O)O[C@H](C)C(=O)Nc2ccnn2C(C)C)c1. The topological polar surface area (TPSA) is 112 Å². The zero-order valence-corrected chi connectivity index (χ0v) is 16.3. The minimum Gasteiger partial charge on any atom is -0.450 e. The Bertz CT molecular complexity index is 846. The van der Waals surface area contributed by atoms with Crippen LogP contribution in [-0.2, 0) is 14.3 Å². The number of ether oxygens (including phenoxy) is 2. The van der Waals surface area contributed by atoms with E-state index in [1.165, 1.54) is 19.1 Å². The Hall–Kier alpha value is -3.36. The van der Waals surface area contributed by atoms with Crippen molar-refractivity contribution >= 4 is 29.5 Å². The fourth-order valence-electron chi connectivity index (χ4n) is 2.34. The zero-order chi connectivity index (χ0) is 20.7. The van der Waals surface area contributed by atoms with Crippen molar-refractivity contribution in [1.82, 2.24) is 9.78 Å². The predicted octanol–water partition coefficient (Wildman–Crippen LogP) is 3.22. The summed E-state index contributed by atoms with van der Waals surface area (Å²) in [6.45, 7) is 7.26. The number of rotatable bonds is 7. The molecular weight excluding hydrogens is 364 g/mol. The highest BCUT2D eigenvalue weighted by Gasteiger charge is 2.21. The van der Waals surface area contributed by atoms with Crippen LogP contribution in [0.4, 0.5) is 16.3 Å². The van der Waals surface area contributed by atoms with Gasteiger partial charge in [-0.25, -0.2) is 14.3 Å². The van der Waals surface area contributed by atoms with Gasteiger partial charge in [-0.15, -0.1) is 0 Å². The number of carbonyl (C=O) groups excluding carboxylic acids is 3. The standard InChI is InChI=1S/C19H24N4O5/c1-5-27-19(26)21-15-8-6-7-14(11-15)18(25)28-13(4)17(24)22-16-9-10-20-23(16)12(2)3/h6-13H,5H2,1-4H3,(H,21,26)(H,22,24)/t13-/m1/s1. The van der Waals surface area contributed by atoms with Crippen LogP contribution < -0.4 is 10.6 Å². The Kier molecular flexibility index (Phi) is 7.14. The maximum atomic E-state index is 12.3. The largest absolute Gasteiger partial charge is 0.450 e. The van der Waals surface area contributed by atoms with Gasteiger partial charge in [0.2, 0.25) is 0 Å². The molecule has 2 rings (SSSR count). The van der Waals surface area contributed by atoms with Crippen LogP contribution in [0.1, 0.15) is 44.1 Å². The second-order valence-corrected chi connectivity index (χ2v) is 6.22. The molecule has 0 bridgehead atoms. The molecule has 0 aliphatic heterocycles. The minimum atomic E-state index is -1.02. The molecule has 9 heteroatoms. The van der Waals surface area contributed by atoms with Crippen molar-refractivity contribution in [2.45, 2.75) is 39.8 Å². The molecule has 0 radical (unpaired) electrons. The number of amides is 2. The lowest BCUT2D eigenvalue weighted by Crippen LogP contribution is -2.31. The molecule has 9 nitrogen and oxygen atoms in total. The van der Waals surface area contributed by atoms with Gasteiger partial charge in [0.05, 0.1) is 18.4 Å². The summed E-state index contributed by atoms with van der Waals surface area (Å²) in [4.78, 5) is 36.1. The number of benzene rings is 1. The van der Waals surface area contributed by atoms with Crippen LogP contribution in [0.5, 0.6) is 0 Å². The van der Waals surface area contributed by atoms with Crippen LogP contribution in [0.15, 0.2) is 36.5 Å². The van der Waals surface area contributed by atoms with Gasteiger partial charge in [-0.05, 0) is 45.9 Å². The maximum absolute atomic E-state index is 12.3. The van der Waals surface area contributed by atoms with Gasteiger partial charge in [0, 0.05) is 17.8 Å². The number of aromatic nitrogens is 2. The van der Waals surface area contributed by atoms with E-state index in [1.807, 2.05) is 13.8 Å². The Morgan fingerprint density at radius 1 is 1.14 bits per heavy atom. The number of hydrogen-bond donors (Lipinski definition) is 2. The van der Waals surface area contributed by atoms with E-state index < -0.39 is 24.1 Å². The molecule has 0 saturated carbocycles. The Balaban J connectivity index is 1.98. The summed E-state index contributed by atoms with van der Waals surface area (Å²) in [5, 5.41) is 9.33. The van der Waals surface area contributed by atoms with Gasteiger partial charge in [0.15, 0.2) is 6.10 Å². The van der Waals surface area contributed by atoms with Crippen LogP contribution in [0.2, 0.25) is 0 Å². The molecule has 0 aliphatic carbocycles.